The number of nitrogens with zero attached hydrogens (tertiary/aromatic N) is 2. The molecule has 0 heterocycles. The van der Waals surface area contributed by atoms with Gasteiger partial charge in [-0.25, -0.2) is 5.43 Å². The van der Waals surface area contributed by atoms with E-state index in [4.69, 9.17) is 4.74 Å². The number of anilines is 1. The molecular weight excluding hydrogens is 444 g/mol. The second kappa shape index (κ2) is 12.0. The summed E-state index contributed by atoms with van der Waals surface area (Å²) in [5, 5.41) is 16.7. The van der Waals surface area contributed by atoms with E-state index in [2.05, 4.69) is 15.8 Å². The minimum Gasteiger partial charge on any atom is -0.507 e. The molecule has 0 aliphatic carbocycles. The summed E-state index contributed by atoms with van der Waals surface area (Å²) in [6, 6.07) is 20.9. The van der Waals surface area contributed by atoms with E-state index in [0.29, 0.717) is 23.5 Å². The largest absolute Gasteiger partial charge is 0.507 e. The number of nitrogens with one attached hydrogen (secondary N) is 2. The first-order valence-corrected chi connectivity index (χ1v) is 11.0. The number of hydrazone groups is 1. The lowest BCUT2D eigenvalue weighted by molar-refractivity contribution is -0.117. The molecule has 0 spiro atoms. The molecule has 3 aromatic rings. The van der Waals surface area contributed by atoms with E-state index in [9.17, 15) is 14.7 Å². The number of carbonyl (C=O) groups is 2. The third-order valence-corrected chi connectivity index (χ3v) is 4.93. The quantitative estimate of drug-likeness (QED) is 0.250. The molecule has 2 amide bonds. The van der Waals surface area contributed by atoms with Crippen LogP contribution >= 0.6 is 0 Å². The van der Waals surface area contributed by atoms with Crippen LogP contribution in [0.3, 0.4) is 0 Å². The fourth-order valence-corrected chi connectivity index (χ4v) is 3.09. The van der Waals surface area contributed by atoms with E-state index in [1.807, 2.05) is 50.2 Å². The van der Waals surface area contributed by atoms with Crippen LogP contribution in [0.4, 0.5) is 5.69 Å². The highest BCUT2D eigenvalue weighted by atomic mass is 16.5. The molecule has 0 aliphatic heterocycles. The summed E-state index contributed by atoms with van der Waals surface area (Å²) in [7, 11) is 3.87. The van der Waals surface area contributed by atoms with Gasteiger partial charge in [-0.05, 0) is 55.0 Å². The van der Waals surface area contributed by atoms with Crippen LogP contribution in [0.2, 0.25) is 0 Å². The van der Waals surface area contributed by atoms with Crippen LogP contribution in [-0.4, -0.2) is 43.8 Å². The number of hydrogen-bond donors (Lipinski definition) is 3. The summed E-state index contributed by atoms with van der Waals surface area (Å²) in [4.78, 5) is 27.6. The molecule has 8 nitrogen and oxygen atoms in total. The Labute approximate surface area is 204 Å². The van der Waals surface area contributed by atoms with E-state index in [0.717, 1.165) is 11.3 Å². The van der Waals surface area contributed by atoms with Crippen molar-refractivity contribution < 1.29 is 19.4 Å². The summed E-state index contributed by atoms with van der Waals surface area (Å²) < 4.78 is 5.34. The van der Waals surface area contributed by atoms with Crippen LogP contribution < -0.4 is 20.4 Å². The molecule has 3 aromatic carbocycles. The summed E-state index contributed by atoms with van der Waals surface area (Å²) in [6.07, 6.45) is 2.88. The van der Waals surface area contributed by atoms with Crippen LogP contribution in [0.1, 0.15) is 28.4 Å². The number of aromatic hydroxyl groups is 1. The van der Waals surface area contributed by atoms with Gasteiger partial charge in [-0.15, -0.1) is 0 Å². The number of benzene rings is 3. The van der Waals surface area contributed by atoms with E-state index in [-0.39, 0.29) is 11.4 Å². The number of ether oxygens (including phenoxy) is 1. The normalized spacial score (nSPS) is 11.2. The standard InChI is InChI=1S/C27H28N4O4/c1-4-35-23-15-12-21(25(32)17-23)18-28-30-27(34)24(29-26(33)20-8-6-5-7-9-20)16-19-10-13-22(14-11-19)31(2)3/h5-18,32H,4H2,1-3H3,(H,29,33)(H,30,34)/b24-16+,28-18-. The Bertz CT molecular complexity index is 1220. The van der Waals surface area contributed by atoms with Gasteiger partial charge in [0.25, 0.3) is 11.8 Å². The van der Waals surface area contributed by atoms with Crippen molar-refractivity contribution in [2.75, 3.05) is 25.6 Å². The number of amides is 2. The van der Waals surface area contributed by atoms with E-state index < -0.39 is 11.8 Å². The topological polar surface area (TPSA) is 103 Å². The van der Waals surface area contributed by atoms with Gasteiger partial charge in [0.05, 0.1) is 12.8 Å². The predicted octanol–water partition coefficient (Wildman–Crippen LogP) is 3.78. The van der Waals surface area contributed by atoms with Crippen molar-refractivity contribution in [2.45, 2.75) is 6.92 Å². The number of phenolic OH excluding ortho intramolecular Hbond substituents is 1. The predicted molar refractivity (Wildman–Crippen MR) is 138 cm³/mol. The van der Waals surface area contributed by atoms with Gasteiger partial charge in [0.2, 0.25) is 0 Å². The van der Waals surface area contributed by atoms with Gasteiger partial charge in [-0.3, -0.25) is 9.59 Å². The van der Waals surface area contributed by atoms with Crippen molar-refractivity contribution in [3.8, 4) is 11.5 Å². The maximum Gasteiger partial charge on any atom is 0.287 e. The summed E-state index contributed by atoms with van der Waals surface area (Å²) in [5.74, 6) is -0.555. The van der Waals surface area contributed by atoms with Crippen LogP contribution in [-0.2, 0) is 4.79 Å². The highest BCUT2D eigenvalue weighted by Crippen LogP contribution is 2.22. The van der Waals surface area contributed by atoms with Gasteiger partial charge in [-0.1, -0.05) is 30.3 Å². The smallest absolute Gasteiger partial charge is 0.287 e. The van der Waals surface area contributed by atoms with Crippen LogP contribution in [0, 0.1) is 0 Å². The molecule has 0 fully saturated rings. The van der Waals surface area contributed by atoms with Gasteiger partial charge in [0.1, 0.15) is 17.2 Å². The molecule has 0 atom stereocenters. The molecule has 35 heavy (non-hydrogen) atoms. The highest BCUT2D eigenvalue weighted by Gasteiger charge is 2.14. The summed E-state index contributed by atoms with van der Waals surface area (Å²) >= 11 is 0. The average molecular weight is 473 g/mol. The Kier molecular flexibility index (Phi) is 8.61. The Balaban J connectivity index is 1.80. The Morgan fingerprint density at radius 3 is 2.37 bits per heavy atom. The molecule has 0 unspecified atom stereocenters. The van der Waals surface area contributed by atoms with Crippen LogP contribution in [0.15, 0.2) is 83.6 Å². The lowest BCUT2D eigenvalue weighted by atomic mass is 10.1. The summed E-state index contributed by atoms with van der Waals surface area (Å²) in [5.41, 5.74) is 4.95. The minimum atomic E-state index is -0.618. The zero-order chi connectivity index (χ0) is 25.2. The van der Waals surface area contributed by atoms with E-state index in [1.165, 1.54) is 12.3 Å². The van der Waals surface area contributed by atoms with Gasteiger partial charge < -0.3 is 20.1 Å². The minimum absolute atomic E-state index is 0.0181. The van der Waals surface area contributed by atoms with Crippen LogP contribution in [0.25, 0.3) is 6.08 Å². The molecular formula is C27H28N4O4. The number of hydrogen-bond acceptors (Lipinski definition) is 6. The zero-order valence-electron chi connectivity index (χ0n) is 19.9. The maximum absolute atomic E-state index is 12.9. The molecule has 0 saturated heterocycles. The molecule has 3 rings (SSSR count). The van der Waals surface area contributed by atoms with Crippen molar-refractivity contribution in [3.05, 3.63) is 95.2 Å². The maximum atomic E-state index is 12.9. The fourth-order valence-electron chi connectivity index (χ4n) is 3.09. The third kappa shape index (κ3) is 7.20. The van der Waals surface area contributed by atoms with Crippen molar-refractivity contribution in [3.63, 3.8) is 0 Å². The van der Waals surface area contributed by atoms with Crippen molar-refractivity contribution in [1.82, 2.24) is 10.7 Å². The molecule has 0 radical (unpaired) electrons. The third-order valence-electron chi connectivity index (χ3n) is 4.93. The highest BCUT2D eigenvalue weighted by molar-refractivity contribution is 6.05. The van der Waals surface area contributed by atoms with Gasteiger partial charge in [0, 0.05) is 37.0 Å². The molecule has 0 bridgehead atoms. The Morgan fingerprint density at radius 2 is 1.74 bits per heavy atom. The van der Waals surface area contributed by atoms with E-state index in [1.54, 1.807) is 48.5 Å². The first kappa shape index (κ1) is 25.0. The first-order chi connectivity index (χ1) is 16.9. The fraction of sp³-hybridized carbons (Fsp3) is 0.148. The number of phenols is 1. The molecule has 8 heteroatoms. The van der Waals surface area contributed by atoms with Crippen molar-refractivity contribution in [1.29, 1.82) is 0 Å². The average Bonchev–Trinajstić information content (AvgIpc) is 2.86. The first-order valence-electron chi connectivity index (χ1n) is 11.0. The molecule has 0 saturated carbocycles. The summed E-state index contributed by atoms with van der Waals surface area (Å²) in [6.45, 7) is 2.32. The van der Waals surface area contributed by atoms with Crippen molar-refractivity contribution in [2.24, 2.45) is 5.10 Å². The van der Waals surface area contributed by atoms with Gasteiger partial charge in [0.15, 0.2) is 0 Å². The van der Waals surface area contributed by atoms with Gasteiger partial charge >= 0.3 is 0 Å². The SMILES string of the molecule is CCOc1ccc(/C=N\NC(=O)/C(=C\c2ccc(N(C)C)cc2)NC(=O)c2ccccc2)c(O)c1. The molecule has 3 N–H and O–H groups in total. The molecule has 180 valence electrons. The molecule has 0 aromatic heterocycles. The zero-order valence-corrected chi connectivity index (χ0v) is 19.9. The van der Waals surface area contributed by atoms with Crippen molar-refractivity contribution >= 4 is 29.8 Å². The van der Waals surface area contributed by atoms with Crippen LogP contribution in [0.5, 0.6) is 11.5 Å². The number of rotatable bonds is 9. The lowest BCUT2D eigenvalue weighted by Gasteiger charge is -2.12. The monoisotopic (exact) mass is 472 g/mol. The second-order valence-corrected chi connectivity index (χ2v) is 7.72. The van der Waals surface area contributed by atoms with E-state index >= 15 is 0 Å². The number of carbonyl (C=O) groups excluding carboxylic acids is 2. The Hall–Kier alpha value is -4.59. The second-order valence-electron chi connectivity index (χ2n) is 7.72. The molecule has 0 aliphatic rings. The van der Waals surface area contributed by atoms with Gasteiger partial charge in [-0.2, -0.15) is 5.10 Å². The Morgan fingerprint density at radius 1 is 1.03 bits per heavy atom. The lowest BCUT2D eigenvalue weighted by Crippen LogP contribution is -2.32.